The van der Waals surface area contributed by atoms with E-state index < -0.39 is 16.5 Å². The number of hydrogen-bond acceptors (Lipinski definition) is 4. The summed E-state index contributed by atoms with van der Waals surface area (Å²) in [5.41, 5.74) is 0. The van der Waals surface area contributed by atoms with Gasteiger partial charge in [-0.05, 0) is 12.1 Å². The van der Waals surface area contributed by atoms with E-state index in [4.69, 9.17) is 39.5 Å². The molecule has 104 valence electrons. The second-order valence-corrected chi connectivity index (χ2v) is 4.99. The molecule has 0 unspecified atom stereocenters. The molecule has 0 aliphatic rings. The third-order valence-electron chi connectivity index (χ3n) is 1.75. The van der Waals surface area contributed by atoms with E-state index in [-0.39, 0.29) is 12.5 Å². The van der Waals surface area contributed by atoms with E-state index in [1.54, 1.807) is 30.3 Å². The minimum atomic E-state index is -1.88. The number of halogens is 3. The maximum absolute atomic E-state index is 11.3. The highest BCUT2D eigenvalue weighted by atomic mass is 35.5. The number of carbonyl (C=O) groups is 2. The number of amides is 2. The lowest BCUT2D eigenvalue weighted by Gasteiger charge is -2.16. The van der Waals surface area contributed by atoms with E-state index in [9.17, 15) is 9.59 Å². The number of alkyl halides is 3. The minimum absolute atomic E-state index is 0.335. The van der Waals surface area contributed by atoms with Crippen LogP contribution in [-0.4, -0.2) is 29.0 Å². The molecule has 1 rings (SSSR count). The van der Waals surface area contributed by atoms with Gasteiger partial charge in [0.05, 0.1) is 5.88 Å². The first kappa shape index (κ1) is 15.9. The predicted molar refractivity (Wildman–Crippen MR) is 71.7 cm³/mol. The Labute approximate surface area is 124 Å². The lowest BCUT2D eigenvalue weighted by molar-refractivity contribution is -0.122. The molecule has 0 aromatic heterocycles. The molecule has 0 aliphatic carbocycles. The van der Waals surface area contributed by atoms with Crippen LogP contribution < -0.4 is 10.1 Å². The molecular weight excluding hydrogens is 316 g/mol. The van der Waals surface area contributed by atoms with Crippen LogP contribution in [-0.2, 0) is 9.53 Å². The van der Waals surface area contributed by atoms with Crippen LogP contribution in [0.15, 0.2) is 30.3 Å². The molecule has 0 fully saturated rings. The Kier molecular flexibility index (Phi) is 6.21. The number of carbonyl (C=O) groups excluding carboxylic acids is 2. The van der Waals surface area contributed by atoms with Gasteiger partial charge in [0.2, 0.25) is 0 Å². The Hall–Kier alpha value is -1.17. The van der Waals surface area contributed by atoms with Crippen LogP contribution >= 0.6 is 34.8 Å². The number of alkyl carbamates (subject to hydrolysis) is 1. The van der Waals surface area contributed by atoms with Gasteiger partial charge in [-0.15, -0.1) is 11.6 Å². The van der Waals surface area contributed by atoms with E-state index in [0.29, 0.717) is 5.75 Å². The molecule has 0 heterocycles. The van der Waals surface area contributed by atoms with Crippen molar-refractivity contribution in [2.24, 2.45) is 0 Å². The van der Waals surface area contributed by atoms with Crippen molar-refractivity contribution in [1.82, 2.24) is 5.32 Å². The summed E-state index contributed by atoms with van der Waals surface area (Å²) in [5, 5.41) is 1.89. The van der Waals surface area contributed by atoms with Crippen LogP contribution in [0.25, 0.3) is 0 Å². The van der Waals surface area contributed by atoms with Gasteiger partial charge in [0, 0.05) is 0 Å². The van der Waals surface area contributed by atoms with Gasteiger partial charge in [-0.3, -0.25) is 10.1 Å². The minimum Gasteiger partial charge on any atom is -0.484 e. The third kappa shape index (κ3) is 6.52. The van der Waals surface area contributed by atoms with Crippen molar-refractivity contribution in [1.29, 1.82) is 0 Å². The van der Waals surface area contributed by atoms with E-state index in [1.165, 1.54) is 0 Å². The number of imide groups is 1. The molecule has 1 aromatic carbocycles. The fraction of sp³-hybridized carbons (Fsp3) is 0.273. The van der Waals surface area contributed by atoms with Gasteiger partial charge in [-0.25, -0.2) is 4.79 Å². The molecule has 0 spiro atoms. The number of para-hydroxylation sites is 1. The van der Waals surface area contributed by atoms with Crippen molar-refractivity contribution in [2.45, 2.75) is 4.52 Å². The molecule has 1 aromatic rings. The summed E-state index contributed by atoms with van der Waals surface area (Å²) in [5.74, 6) is -0.540. The van der Waals surface area contributed by atoms with Gasteiger partial charge >= 0.3 is 6.09 Å². The normalized spacial score (nSPS) is 10.7. The standard InChI is InChI=1S/C11H10Cl3NO4/c12-7-11(13,14)19-10(17)15-9(16)6-18-8-4-2-1-3-5-8/h1-5H,6-7H2,(H,15,16,17). The maximum atomic E-state index is 11.3. The van der Waals surface area contributed by atoms with Crippen molar-refractivity contribution in [2.75, 3.05) is 12.5 Å². The number of rotatable bonds is 5. The molecule has 0 saturated carbocycles. The zero-order valence-electron chi connectivity index (χ0n) is 9.57. The largest absolute Gasteiger partial charge is 0.484 e. The van der Waals surface area contributed by atoms with Crippen LogP contribution in [0.4, 0.5) is 4.79 Å². The van der Waals surface area contributed by atoms with Crippen molar-refractivity contribution in [3.05, 3.63) is 30.3 Å². The average molecular weight is 327 g/mol. The maximum Gasteiger partial charge on any atom is 0.416 e. The topological polar surface area (TPSA) is 64.6 Å². The average Bonchev–Trinajstić information content (AvgIpc) is 2.37. The zero-order chi connectivity index (χ0) is 14.3. The first-order valence-electron chi connectivity index (χ1n) is 5.07. The number of nitrogens with one attached hydrogen (secondary N) is 1. The molecule has 1 N–H and O–H groups in total. The second-order valence-electron chi connectivity index (χ2n) is 3.31. The van der Waals surface area contributed by atoms with Gasteiger partial charge < -0.3 is 9.47 Å². The molecular formula is C11H10Cl3NO4. The van der Waals surface area contributed by atoms with Crippen molar-refractivity contribution < 1.29 is 19.1 Å². The first-order chi connectivity index (χ1) is 8.93. The van der Waals surface area contributed by atoms with E-state index >= 15 is 0 Å². The lowest BCUT2D eigenvalue weighted by Crippen LogP contribution is -2.38. The van der Waals surface area contributed by atoms with Gasteiger partial charge in [0.1, 0.15) is 5.75 Å². The molecule has 0 radical (unpaired) electrons. The molecule has 0 bridgehead atoms. The highest BCUT2D eigenvalue weighted by Crippen LogP contribution is 2.23. The summed E-state index contributed by atoms with van der Waals surface area (Å²) >= 11 is 16.3. The van der Waals surface area contributed by atoms with E-state index in [2.05, 4.69) is 4.74 Å². The van der Waals surface area contributed by atoms with Crippen LogP contribution in [0.2, 0.25) is 0 Å². The van der Waals surface area contributed by atoms with Gasteiger partial charge in [0.25, 0.3) is 10.4 Å². The molecule has 5 nitrogen and oxygen atoms in total. The number of hydrogen-bond donors (Lipinski definition) is 1. The molecule has 0 saturated heterocycles. The highest BCUT2D eigenvalue weighted by molar-refractivity contribution is 6.50. The Morgan fingerprint density at radius 2 is 1.84 bits per heavy atom. The number of benzene rings is 1. The van der Waals surface area contributed by atoms with Crippen LogP contribution in [0, 0.1) is 0 Å². The summed E-state index contributed by atoms with van der Waals surface area (Å²) in [7, 11) is 0. The number of ether oxygens (including phenoxy) is 2. The molecule has 19 heavy (non-hydrogen) atoms. The SMILES string of the molecule is O=C(COc1ccccc1)NC(=O)OC(Cl)(Cl)CCl. The summed E-state index contributed by atoms with van der Waals surface area (Å²) in [6.45, 7) is -0.350. The van der Waals surface area contributed by atoms with Crippen LogP contribution in [0.5, 0.6) is 5.75 Å². The zero-order valence-corrected chi connectivity index (χ0v) is 11.8. The first-order valence-corrected chi connectivity index (χ1v) is 6.36. The monoisotopic (exact) mass is 325 g/mol. The molecule has 2 amide bonds. The smallest absolute Gasteiger partial charge is 0.416 e. The predicted octanol–water partition coefficient (Wildman–Crippen LogP) is 2.69. The van der Waals surface area contributed by atoms with Gasteiger partial charge in [-0.2, -0.15) is 0 Å². The van der Waals surface area contributed by atoms with E-state index in [0.717, 1.165) is 0 Å². The Bertz CT molecular complexity index is 439. The van der Waals surface area contributed by atoms with Crippen LogP contribution in [0.3, 0.4) is 0 Å². The Morgan fingerprint density at radius 1 is 1.21 bits per heavy atom. The molecule has 8 heteroatoms. The summed E-state index contributed by atoms with van der Waals surface area (Å²) in [6.07, 6.45) is -1.10. The van der Waals surface area contributed by atoms with Crippen molar-refractivity contribution in [3.8, 4) is 5.75 Å². The highest BCUT2D eigenvalue weighted by Gasteiger charge is 2.28. The summed E-state index contributed by atoms with van der Waals surface area (Å²) in [4.78, 5) is 22.5. The van der Waals surface area contributed by atoms with Crippen LogP contribution in [0.1, 0.15) is 0 Å². The van der Waals surface area contributed by atoms with Crippen molar-refractivity contribution in [3.63, 3.8) is 0 Å². The lowest BCUT2D eigenvalue weighted by atomic mass is 10.3. The fourth-order valence-electron chi connectivity index (χ4n) is 1.00. The fourth-order valence-corrected chi connectivity index (χ4v) is 1.20. The van der Waals surface area contributed by atoms with Gasteiger partial charge in [-0.1, -0.05) is 41.4 Å². The summed E-state index contributed by atoms with van der Waals surface area (Å²) in [6, 6.07) is 8.63. The second kappa shape index (κ2) is 7.43. The quantitative estimate of drug-likeness (QED) is 0.845. The summed E-state index contributed by atoms with van der Waals surface area (Å²) < 4.78 is 7.71. The molecule has 0 atom stereocenters. The molecule has 0 aliphatic heterocycles. The Balaban J connectivity index is 2.33. The van der Waals surface area contributed by atoms with Gasteiger partial charge in [0.15, 0.2) is 6.61 Å². The van der Waals surface area contributed by atoms with Crippen molar-refractivity contribution >= 4 is 46.8 Å². The Morgan fingerprint density at radius 3 is 2.42 bits per heavy atom. The van der Waals surface area contributed by atoms with E-state index in [1.807, 2.05) is 5.32 Å². The third-order valence-corrected chi connectivity index (χ3v) is 2.82.